The van der Waals surface area contributed by atoms with Gasteiger partial charge in [-0.2, -0.15) is 0 Å². The minimum Gasteiger partial charge on any atom is -0.304 e. The van der Waals surface area contributed by atoms with Crippen molar-refractivity contribution >= 4 is 11.3 Å². The number of rotatable bonds is 4. The van der Waals surface area contributed by atoms with E-state index in [9.17, 15) is 0 Å². The van der Waals surface area contributed by atoms with E-state index in [4.69, 9.17) is 0 Å². The number of aryl methyl sites for hydroxylation is 2. The molecule has 0 spiro atoms. The average molecular weight is 260 g/mol. The first kappa shape index (κ1) is 13.2. The molecule has 0 amide bonds. The van der Waals surface area contributed by atoms with Gasteiger partial charge in [0.05, 0.1) is 6.04 Å². The van der Waals surface area contributed by atoms with Crippen molar-refractivity contribution in [3.63, 3.8) is 0 Å². The lowest BCUT2D eigenvalue weighted by Crippen LogP contribution is -2.18. The van der Waals surface area contributed by atoms with E-state index < -0.39 is 0 Å². The van der Waals surface area contributed by atoms with E-state index in [2.05, 4.69) is 54.7 Å². The average Bonchev–Trinajstić information content (AvgIpc) is 2.77. The summed E-state index contributed by atoms with van der Waals surface area (Å²) in [5, 5.41) is 6.81. The number of benzene rings is 1. The Kier molecular flexibility index (Phi) is 4.15. The Morgan fingerprint density at radius 1 is 1.28 bits per heavy atom. The van der Waals surface area contributed by atoms with Gasteiger partial charge in [0, 0.05) is 17.6 Å². The zero-order valence-electron chi connectivity index (χ0n) is 11.4. The maximum atomic E-state index is 4.52. The van der Waals surface area contributed by atoms with Crippen LogP contribution in [0.15, 0.2) is 23.6 Å². The van der Waals surface area contributed by atoms with Gasteiger partial charge in [0.2, 0.25) is 0 Å². The third-order valence-electron chi connectivity index (χ3n) is 3.32. The van der Waals surface area contributed by atoms with Crippen LogP contribution in [0.2, 0.25) is 0 Å². The molecule has 2 aromatic rings. The van der Waals surface area contributed by atoms with E-state index in [-0.39, 0.29) is 0 Å². The molecular formula is C15H20N2S. The van der Waals surface area contributed by atoms with Crippen LogP contribution in [0.1, 0.15) is 40.4 Å². The summed E-state index contributed by atoms with van der Waals surface area (Å²) in [7, 11) is 0. The first-order valence-electron chi connectivity index (χ1n) is 6.28. The van der Waals surface area contributed by atoms with Gasteiger partial charge in [0.25, 0.3) is 0 Å². The van der Waals surface area contributed by atoms with Crippen LogP contribution >= 0.6 is 11.3 Å². The Morgan fingerprint density at radius 3 is 2.72 bits per heavy atom. The lowest BCUT2D eigenvalue weighted by atomic mass is 10.0. The second-order valence-electron chi connectivity index (χ2n) is 4.79. The third-order valence-corrected chi connectivity index (χ3v) is 4.47. The van der Waals surface area contributed by atoms with Crippen molar-refractivity contribution in [2.45, 2.75) is 40.3 Å². The molecule has 0 bridgehead atoms. The van der Waals surface area contributed by atoms with Crippen molar-refractivity contribution in [2.75, 3.05) is 0 Å². The van der Waals surface area contributed by atoms with Crippen molar-refractivity contribution in [1.82, 2.24) is 10.3 Å². The highest BCUT2D eigenvalue weighted by Gasteiger charge is 2.09. The molecule has 1 heterocycles. The summed E-state index contributed by atoms with van der Waals surface area (Å²) in [5.41, 5.74) is 5.21. The summed E-state index contributed by atoms with van der Waals surface area (Å²) in [6, 6.07) is 6.78. The molecule has 0 saturated carbocycles. The summed E-state index contributed by atoms with van der Waals surface area (Å²) >= 11 is 1.73. The van der Waals surface area contributed by atoms with Gasteiger partial charge in [-0.05, 0) is 44.4 Å². The molecule has 0 saturated heterocycles. The summed E-state index contributed by atoms with van der Waals surface area (Å²) in [5.74, 6) is 0. The van der Waals surface area contributed by atoms with Crippen molar-refractivity contribution < 1.29 is 0 Å². The minimum absolute atomic E-state index is 0.309. The van der Waals surface area contributed by atoms with Crippen LogP contribution in [0, 0.1) is 20.8 Å². The van der Waals surface area contributed by atoms with Crippen LogP contribution in [0.5, 0.6) is 0 Å². The topological polar surface area (TPSA) is 24.9 Å². The molecule has 1 unspecified atom stereocenters. The highest BCUT2D eigenvalue weighted by molar-refractivity contribution is 7.09. The molecule has 18 heavy (non-hydrogen) atoms. The Morgan fingerprint density at radius 2 is 2.06 bits per heavy atom. The molecule has 0 aliphatic carbocycles. The quantitative estimate of drug-likeness (QED) is 0.901. The largest absolute Gasteiger partial charge is 0.304 e. The molecule has 0 radical (unpaired) electrons. The molecule has 0 fully saturated rings. The molecule has 2 rings (SSSR count). The summed E-state index contributed by atoms with van der Waals surface area (Å²) in [6.45, 7) is 9.45. The number of hydrogen-bond acceptors (Lipinski definition) is 3. The van der Waals surface area contributed by atoms with Gasteiger partial charge in [0.1, 0.15) is 5.01 Å². The van der Waals surface area contributed by atoms with Crippen LogP contribution in [0.3, 0.4) is 0 Å². The normalized spacial score (nSPS) is 12.7. The number of thiazole rings is 1. The maximum absolute atomic E-state index is 4.52. The van der Waals surface area contributed by atoms with Crippen LogP contribution in [-0.2, 0) is 6.54 Å². The number of hydrogen-bond donors (Lipinski definition) is 1. The monoisotopic (exact) mass is 260 g/mol. The fourth-order valence-electron chi connectivity index (χ4n) is 1.92. The maximum Gasteiger partial charge on any atom is 0.110 e. The lowest BCUT2D eigenvalue weighted by Gasteiger charge is -2.13. The molecule has 2 nitrogen and oxygen atoms in total. The molecule has 1 atom stereocenters. The number of aromatic nitrogens is 1. The molecule has 0 aliphatic heterocycles. The number of nitrogens with one attached hydrogen (secondary N) is 1. The highest BCUT2D eigenvalue weighted by atomic mass is 32.1. The molecule has 0 aliphatic rings. The molecule has 96 valence electrons. The molecule has 1 N–H and O–H groups in total. The molecular weight excluding hydrogens is 240 g/mol. The van der Waals surface area contributed by atoms with Gasteiger partial charge < -0.3 is 5.32 Å². The predicted octanol–water partition coefficient (Wildman–Crippen LogP) is 3.92. The summed E-state index contributed by atoms with van der Waals surface area (Å²) < 4.78 is 0. The minimum atomic E-state index is 0.309. The second kappa shape index (κ2) is 5.63. The zero-order valence-corrected chi connectivity index (χ0v) is 12.3. The van der Waals surface area contributed by atoms with Crippen molar-refractivity contribution in [3.05, 3.63) is 51.0 Å². The fourth-order valence-corrected chi connectivity index (χ4v) is 2.75. The molecule has 1 aromatic carbocycles. The van der Waals surface area contributed by atoms with Gasteiger partial charge in [-0.3, -0.25) is 0 Å². The van der Waals surface area contributed by atoms with Gasteiger partial charge in [-0.25, -0.2) is 4.98 Å². The van der Waals surface area contributed by atoms with Gasteiger partial charge in [-0.15, -0.1) is 11.3 Å². The molecule has 3 heteroatoms. The van der Waals surface area contributed by atoms with Crippen LogP contribution in [-0.4, -0.2) is 4.98 Å². The van der Waals surface area contributed by atoms with E-state index in [1.165, 1.54) is 16.7 Å². The smallest absolute Gasteiger partial charge is 0.110 e. The Balaban J connectivity index is 2.01. The first-order chi connectivity index (χ1) is 8.58. The second-order valence-corrected chi connectivity index (χ2v) is 5.68. The summed E-state index contributed by atoms with van der Waals surface area (Å²) in [6.07, 6.45) is 0. The van der Waals surface area contributed by atoms with E-state index in [0.717, 1.165) is 17.2 Å². The van der Waals surface area contributed by atoms with Crippen LogP contribution < -0.4 is 5.32 Å². The standard InChI is InChI=1S/C15H20N2S/c1-10-6-5-7-14(12(10)3)8-16-13(4)15-17-11(2)9-18-15/h5-7,9,13,16H,8H2,1-4H3. The van der Waals surface area contributed by atoms with Crippen molar-refractivity contribution in [1.29, 1.82) is 0 Å². The Hall–Kier alpha value is -1.19. The first-order valence-corrected chi connectivity index (χ1v) is 7.16. The lowest BCUT2D eigenvalue weighted by molar-refractivity contribution is 0.569. The van der Waals surface area contributed by atoms with Gasteiger partial charge in [-0.1, -0.05) is 18.2 Å². The summed E-state index contributed by atoms with van der Waals surface area (Å²) in [4.78, 5) is 4.52. The fraction of sp³-hybridized carbons (Fsp3) is 0.400. The zero-order chi connectivity index (χ0) is 13.1. The Bertz CT molecular complexity index is 531. The molecule has 1 aromatic heterocycles. The Labute approximate surface area is 113 Å². The van der Waals surface area contributed by atoms with E-state index in [0.29, 0.717) is 6.04 Å². The van der Waals surface area contributed by atoms with Crippen molar-refractivity contribution in [2.24, 2.45) is 0 Å². The van der Waals surface area contributed by atoms with Gasteiger partial charge >= 0.3 is 0 Å². The van der Waals surface area contributed by atoms with E-state index >= 15 is 0 Å². The SMILES string of the molecule is Cc1csc(C(C)NCc2cccc(C)c2C)n1. The predicted molar refractivity (Wildman–Crippen MR) is 78.0 cm³/mol. The van der Waals surface area contributed by atoms with E-state index in [1.807, 2.05) is 6.92 Å². The van der Waals surface area contributed by atoms with Crippen molar-refractivity contribution in [3.8, 4) is 0 Å². The third kappa shape index (κ3) is 2.98. The van der Waals surface area contributed by atoms with Gasteiger partial charge in [0.15, 0.2) is 0 Å². The number of nitrogens with zero attached hydrogens (tertiary/aromatic N) is 1. The highest BCUT2D eigenvalue weighted by Crippen LogP contribution is 2.19. The van der Waals surface area contributed by atoms with Crippen LogP contribution in [0.25, 0.3) is 0 Å². The van der Waals surface area contributed by atoms with E-state index in [1.54, 1.807) is 11.3 Å². The van der Waals surface area contributed by atoms with Crippen LogP contribution in [0.4, 0.5) is 0 Å².